The number of carbonyl (C=O) groups excluding carboxylic acids is 2. The fraction of sp³-hybridized carbons (Fsp3) is 0.833. The van der Waals surface area contributed by atoms with Gasteiger partial charge in [-0.15, -0.1) is 0 Å². The van der Waals surface area contributed by atoms with Gasteiger partial charge in [-0.05, 0) is 54.1 Å². The molecule has 6 heteroatoms. The van der Waals surface area contributed by atoms with E-state index >= 15 is 0 Å². The molecule has 0 aliphatic heterocycles. The Kier molecular flexibility index (Phi) is 9.22. The third-order valence-electron chi connectivity index (χ3n) is 2.34. The van der Waals surface area contributed by atoms with Crippen molar-refractivity contribution in [3.05, 3.63) is 0 Å². The lowest BCUT2D eigenvalue weighted by molar-refractivity contribution is -0.139. The largest absolute Gasteiger partial charge is 0.348 e. The summed E-state index contributed by atoms with van der Waals surface area (Å²) in [6, 6.07) is 0. The van der Waals surface area contributed by atoms with E-state index in [9.17, 15) is 9.59 Å². The zero-order valence-corrected chi connectivity index (χ0v) is 12.0. The minimum atomic E-state index is -0.543. The molecule has 0 rings (SSSR count). The summed E-state index contributed by atoms with van der Waals surface area (Å²) in [4.78, 5) is 26.8. The van der Waals surface area contributed by atoms with E-state index in [2.05, 4.69) is 10.6 Å². The van der Waals surface area contributed by atoms with Gasteiger partial charge in [0.1, 0.15) is 0 Å². The summed E-state index contributed by atoms with van der Waals surface area (Å²) in [6.45, 7) is 2.85. The highest BCUT2D eigenvalue weighted by Crippen LogP contribution is 1.83. The minimum absolute atomic E-state index is 0.530. The summed E-state index contributed by atoms with van der Waals surface area (Å²) in [5.74, 6) is -1.09. The summed E-state index contributed by atoms with van der Waals surface area (Å²) in [5, 5.41) is 5.20. The Hall–Kier alpha value is -1.14. The van der Waals surface area contributed by atoms with Crippen molar-refractivity contribution in [3.63, 3.8) is 0 Å². The van der Waals surface area contributed by atoms with Gasteiger partial charge in [-0.3, -0.25) is 9.59 Å². The fourth-order valence-electron chi connectivity index (χ4n) is 1.35. The monoisotopic (exact) mass is 258 g/mol. The second-order valence-corrected chi connectivity index (χ2v) is 4.83. The summed E-state index contributed by atoms with van der Waals surface area (Å²) in [6.07, 6.45) is 1.68. The van der Waals surface area contributed by atoms with E-state index in [0.29, 0.717) is 13.1 Å². The van der Waals surface area contributed by atoms with E-state index in [-0.39, 0.29) is 0 Å². The van der Waals surface area contributed by atoms with Gasteiger partial charge in [0.05, 0.1) is 0 Å². The van der Waals surface area contributed by atoms with Gasteiger partial charge in [-0.2, -0.15) is 0 Å². The van der Waals surface area contributed by atoms with Crippen molar-refractivity contribution in [1.29, 1.82) is 0 Å². The number of hydrogen-bond donors (Lipinski definition) is 2. The van der Waals surface area contributed by atoms with Crippen LogP contribution in [0.5, 0.6) is 0 Å². The first-order valence-corrected chi connectivity index (χ1v) is 6.29. The predicted octanol–water partition coefficient (Wildman–Crippen LogP) is -0.878. The van der Waals surface area contributed by atoms with E-state index in [1.54, 1.807) is 0 Å². The Bertz CT molecular complexity index is 228. The van der Waals surface area contributed by atoms with Crippen LogP contribution in [0.25, 0.3) is 0 Å². The Morgan fingerprint density at radius 1 is 0.778 bits per heavy atom. The van der Waals surface area contributed by atoms with Gasteiger partial charge < -0.3 is 20.4 Å². The van der Waals surface area contributed by atoms with Crippen molar-refractivity contribution in [3.8, 4) is 0 Å². The molecule has 0 aliphatic carbocycles. The standard InChI is InChI=1S/C12H26N4O2/c1-15(2)9-5-7-13-11(17)12(18)14-8-6-10-16(3)4/h5-10H2,1-4H3,(H,13,17)(H,14,18). The van der Waals surface area contributed by atoms with E-state index in [1.165, 1.54) is 0 Å². The van der Waals surface area contributed by atoms with Crippen LogP contribution in [0.3, 0.4) is 0 Å². The summed E-state index contributed by atoms with van der Waals surface area (Å²) >= 11 is 0. The molecule has 0 aromatic heterocycles. The fourth-order valence-corrected chi connectivity index (χ4v) is 1.35. The van der Waals surface area contributed by atoms with E-state index < -0.39 is 11.8 Å². The summed E-state index contributed by atoms with van der Waals surface area (Å²) in [7, 11) is 7.89. The lowest BCUT2D eigenvalue weighted by Gasteiger charge is -2.11. The maximum absolute atomic E-state index is 11.4. The smallest absolute Gasteiger partial charge is 0.309 e. The van der Waals surface area contributed by atoms with Gasteiger partial charge in [0, 0.05) is 13.1 Å². The molecule has 0 unspecified atom stereocenters. The Balaban J connectivity index is 3.55. The van der Waals surface area contributed by atoms with Crippen molar-refractivity contribution < 1.29 is 9.59 Å². The van der Waals surface area contributed by atoms with Gasteiger partial charge in [0.2, 0.25) is 0 Å². The number of nitrogens with zero attached hydrogens (tertiary/aromatic N) is 2. The highest BCUT2D eigenvalue weighted by atomic mass is 16.2. The Morgan fingerprint density at radius 3 is 1.39 bits per heavy atom. The third kappa shape index (κ3) is 10.0. The molecule has 0 radical (unpaired) electrons. The van der Waals surface area contributed by atoms with Gasteiger partial charge in [0.15, 0.2) is 0 Å². The van der Waals surface area contributed by atoms with E-state index in [1.807, 2.05) is 38.0 Å². The van der Waals surface area contributed by atoms with Crippen molar-refractivity contribution in [1.82, 2.24) is 20.4 Å². The van der Waals surface area contributed by atoms with Gasteiger partial charge in [-0.1, -0.05) is 0 Å². The average molecular weight is 258 g/mol. The normalized spacial score (nSPS) is 10.8. The van der Waals surface area contributed by atoms with Crippen molar-refractivity contribution >= 4 is 11.8 Å². The molecule has 0 aromatic rings. The molecule has 0 atom stereocenters. The Labute approximate surface area is 110 Å². The Morgan fingerprint density at radius 2 is 1.11 bits per heavy atom. The van der Waals surface area contributed by atoms with Crippen molar-refractivity contribution in [2.24, 2.45) is 0 Å². The first-order chi connectivity index (χ1) is 8.43. The summed E-state index contributed by atoms with van der Waals surface area (Å²) < 4.78 is 0. The molecular weight excluding hydrogens is 232 g/mol. The quantitative estimate of drug-likeness (QED) is 0.438. The second kappa shape index (κ2) is 9.85. The SMILES string of the molecule is CN(C)CCCNC(=O)C(=O)NCCCN(C)C. The molecule has 0 fully saturated rings. The maximum Gasteiger partial charge on any atom is 0.309 e. The first-order valence-electron chi connectivity index (χ1n) is 6.29. The van der Waals surface area contributed by atoms with Crippen LogP contribution in [0.2, 0.25) is 0 Å². The first kappa shape index (κ1) is 16.9. The second-order valence-electron chi connectivity index (χ2n) is 4.83. The molecule has 0 aliphatic rings. The molecule has 0 aromatic carbocycles. The number of nitrogens with one attached hydrogen (secondary N) is 2. The lowest BCUT2D eigenvalue weighted by Crippen LogP contribution is -2.41. The van der Waals surface area contributed by atoms with Crippen molar-refractivity contribution in [2.45, 2.75) is 12.8 Å². The number of hydrogen-bond acceptors (Lipinski definition) is 4. The van der Waals surface area contributed by atoms with Gasteiger partial charge >= 0.3 is 11.8 Å². The minimum Gasteiger partial charge on any atom is -0.348 e. The maximum atomic E-state index is 11.4. The van der Waals surface area contributed by atoms with Gasteiger partial charge in [0.25, 0.3) is 0 Å². The highest BCUT2D eigenvalue weighted by Gasteiger charge is 2.11. The van der Waals surface area contributed by atoms with Crippen LogP contribution >= 0.6 is 0 Å². The third-order valence-corrected chi connectivity index (χ3v) is 2.34. The molecule has 0 spiro atoms. The van der Waals surface area contributed by atoms with E-state index in [0.717, 1.165) is 25.9 Å². The van der Waals surface area contributed by atoms with Crippen LogP contribution in [0.1, 0.15) is 12.8 Å². The molecule has 0 heterocycles. The molecule has 106 valence electrons. The molecule has 2 N–H and O–H groups in total. The summed E-state index contributed by atoms with van der Waals surface area (Å²) in [5.41, 5.74) is 0. The van der Waals surface area contributed by atoms with Crippen molar-refractivity contribution in [2.75, 3.05) is 54.4 Å². The highest BCUT2D eigenvalue weighted by molar-refractivity contribution is 6.35. The zero-order chi connectivity index (χ0) is 14.0. The molecule has 0 bridgehead atoms. The molecule has 0 saturated carbocycles. The molecule has 6 nitrogen and oxygen atoms in total. The van der Waals surface area contributed by atoms with Crippen LogP contribution in [-0.4, -0.2) is 76.0 Å². The van der Waals surface area contributed by atoms with Crippen LogP contribution in [0, 0.1) is 0 Å². The molecule has 0 saturated heterocycles. The number of amides is 2. The topological polar surface area (TPSA) is 64.7 Å². The number of carbonyl (C=O) groups is 2. The number of rotatable bonds is 8. The van der Waals surface area contributed by atoms with Crippen LogP contribution < -0.4 is 10.6 Å². The zero-order valence-electron chi connectivity index (χ0n) is 12.0. The molecular formula is C12H26N4O2. The van der Waals surface area contributed by atoms with Gasteiger partial charge in [-0.25, -0.2) is 0 Å². The average Bonchev–Trinajstić information content (AvgIpc) is 2.29. The van der Waals surface area contributed by atoms with E-state index in [4.69, 9.17) is 0 Å². The van der Waals surface area contributed by atoms with Crippen LogP contribution in [0.4, 0.5) is 0 Å². The molecule has 18 heavy (non-hydrogen) atoms. The predicted molar refractivity (Wildman–Crippen MR) is 72.4 cm³/mol. The van der Waals surface area contributed by atoms with Crippen LogP contribution in [-0.2, 0) is 9.59 Å². The van der Waals surface area contributed by atoms with Crippen LogP contribution in [0.15, 0.2) is 0 Å². The molecule has 2 amide bonds. The lowest BCUT2D eigenvalue weighted by atomic mass is 10.3.